The first-order chi connectivity index (χ1) is 13.6. The van der Waals surface area contributed by atoms with Crippen molar-refractivity contribution in [1.82, 2.24) is 9.80 Å². The normalized spacial score (nSPS) is 20.0. The molecule has 0 spiro atoms. The summed E-state index contributed by atoms with van der Waals surface area (Å²) in [6, 6.07) is 17.7. The molecule has 4 rings (SSSR count). The predicted molar refractivity (Wildman–Crippen MR) is 110 cm³/mol. The second-order valence-electron chi connectivity index (χ2n) is 7.45. The third kappa shape index (κ3) is 4.14. The first kappa shape index (κ1) is 18.8. The Balaban J connectivity index is 1.32. The van der Waals surface area contributed by atoms with Gasteiger partial charge in [0.25, 0.3) is 0 Å². The Morgan fingerprint density at radius 3 is 2.46 bits per heavy atom. The number of hydrogen-bond acceptors (Lipinski definition) is 3. The molecule has 0 aliphatic carbocycles. The van der Waals surface area contributed by atoms with E-state index in [0.717, 1.165) is 29.4 Å². The number of amides is 2. The summed E-state index contributed by atoms with van der Waals surface area (Å²) in [6.45, 7) is 4.00. The monoisotopic (exact) mass is 397 g/mol. The maximum atomic E-state index is 12.9. The van der Waals surface area contributed by atoms with Crippen LogP contribution in [0.2, 0.25) is 5.02 Å². The van der Waals surface area contributed by atoms with Gasteiger partial charge in [0.1, 0.15) is 0 Å². The van der Waals surface area contributed by atoms with Crippen molar-refractivity contribution in [2.45, 2.75) is 13.0 Å². The maximum absolute atomic E-state index is 12.9. The molecule has 2 amide bonds. The molecule has 0 N–H and O–H groups in total. The van der Waals surface area contributed by atoms with Crippen LogP contribution in [0.4, 0.5) is 5.69 Å². The second kappa shape index (κ2) is 8.23. The molecule has 1 unspecified atom stereocenters. The van der Waals surface area contributed by atoms with Crippen LogP contribution in [0.5, 0.6) is 0 Å². The largest absolute Gasteiger partial charge is 0.368 e. The molecule has 2 aromatic carbocycles. The van der Waals surface area contributed by atoms with Gasteiger partial charge in [-0.2, -0.15) is 0 Å². The minimum absolute atomic E-state index is 0.0692. The first-order valence-corrected chi connectivity index (χ1v) is 10.1. The van der Waals surface area contributed by atoms with Gasteiger partial charge in [-0.05, 0) is 23.8 Å². The van der Waals surface area contributed by atoms with Crippen molar-refractivity contribution >= 4 is 29.1 Å². The highest BCUT2D eigenvalue weighted by Crippen LogP contribution is 2.24. The zero-order valence-corrected chi connectivity index (χ0v) is 16.5. The average molecular weight is 398 g/mol. The van der Waals surface area contributed by atoms with Crippen LogP contribution < -0.4 is 4.90 Å². The molecule has 1 atom stereocenters. The van der Waals surface area contributed by atoms with Gasteiger partial charge in [0.15, 0.2) is 0 Å². The molecular weight excluding hydrogens is 374 g/mol. The Morgan fingerprint density at radius 2 is 1.75 bits per heavy atom. The van der Waals surface area contributed by atoms with Gasteiger partial charge in [0.2, 0.25) is 11.8 Å². The van der Waals surface area contributed by atoms with E-state index in [2.05, 4.69) is 4.90 Å². The predicted octanol–water partition coefficient (Wildman–Crippen LogP) is 3.04. The van der Waals surface area contributed by atoms with E-state index in [9.17, 15) is 9.59 Å². The topological polar surface area (TPSA) is 43.9 Å². The van der Waals surface area contributed by atoms with E-state index < -0.39 is 0 Å². The van der Waals surface area contributed by atoms with E-state index in [0.29, 0.717) is 32.6 Å². The SMILES string of the molecule is O=C1CC(C(=O)N2CCN(c3cccc(Cl)c3)CC2)CN1Cc1ccccc1. The summed E-state index contributed by atoms with van der Waals surface area (Å²) < 4.78 is 0. The molecule has 0 radical (unpaired) electrons. The van der Waals surface area contributed by atoms with Crippen molar-refractivity contribution in [2.24, 2.45) is 5.92 Å². The summed E-state index contributed by atoms with van der Waals surface area (Å²) >= 11 is 6.09. The van der Waals surface area contributed by atoms with Crippen LogP contribution in [0.1, 0.15) is 12.0 Å². The molecular formula is C22H24ClN3O2. The van der Waals surface area contributed by atoms with E-state index in [1.807, 2.05) is 59.5 Å². The quantitative estimate of drug-likeness (QED) is 0.796. The van der Waals surface area contributed by atoms with Crippen molar-refractivity contribution in [1.29, 1.82) is 0 Å². The number of likely N-dealkylation sites (tertiary alicyclic amines) is 1. The molecule has 2 fully saturated rings. The number of halogens is 1. The Kier molecular flexibility index (Phi) is 5.53. The lowest BCUT2D eigenvalue weighted by Crippen LogP contribution is -2.50. The minimum Gasteiger partial charge on any atom is -0.368 e. The summed E-state index contributed by atoms with van der Waals surface area (Å²) in [7, 11) is 0. The lowest BCUT2D eigenvalue weighted by molar-refractivity contribution is -0.136. The Hall–Kier alpha value is -2.53. The molecule has 0 saturated carbocycles. The van der Waals surface area contributed by atoms with Crippen LogP contribution in [0.15, 0.2) is 54.6 Å². The number of anilines is 1. The molecule has 2 heterocycles. The highest BCUT2D eigenvalue weighted by molar-refractivity contribution is 6.30. The van der Waals surface area contributed by atoms with E-state index in [-0.39, 0.29) is 17.7 Å². The molecule has 5 nitrogen and oxygen atoms in total. The number of nitrogens with zero attached hydrogens (tertiary/aromatic N) is 3. The van der Waals surface area contributed by atoms with Crippen LogP contribution in [0.25, 0.3) is 0 Å². The van der Waals surface area contributed by atoms with Gasteiger partial charge in [-0.1, -0.05) is 48.0 Å². The molecule has 2 aromatic rings. The van der Waals surface area contributed by atoms with Gasteiger partial charge in [0.05, 0.1) is 5.92 Å². The Labute approximate surface area is 170 Å². The molecule has 146 valence electrons. The molecule has 2 aliphatic heterocycles. The average Bonchev–Trinajstić information content (AvgIpc) is 3.08. The Morgan fingerprint density at radius 1 is 1.00 bits per heavy atom. The molecule has 28 heavy (non-hydrogen) atoms. The van der Waals surface area contributed by atoms with Crippen molar-refractivity contribution in [3.8, 4) is 0 Å². The fourth-order valence-electron chi connectivity index (χ4n) is 4.01. The molecule has 0 bridgehead atoms. The van der Waals surface area contributed by atoms with Gasteiger partial charge in [-0.25, -0.2) is 0 Å². The van der Waals surface area contributed by atoms with Crippen molar-refractivity contribution in [2.75, 3.05) is 37.6 Å². The van der Waals surface area contributed by atoms with Crippen molar-refractivity contribution < 1.29 is 9.59 Å². The first-order valence-electron chi connectivity index (χ1n) is 9.71. The zero-order valence-electron chi connectivity index (χ0n) is 15.8. The van der Waals surface area contributed by atoms with Crippen LogP contribution in [0, 0.1) is 5.92 Å². The lowest BCUT2D eigenvalue weighted by atomic mass is 10.1. The number of hydrogen-bond donors (Lipinski definition) is 0. The fourth-order valence-corrected chi connectivity index (χ4v) is 4.19. The third-order valence-electron chi connectivity index (χ3n) is 5.54. The van der Waals surface area contributed by atoms with Gasteiger partial charge in [-0.15, -0.1) is 0 Å². The van der Waals surface area contributed by atoms with Gasteiger partial charge < -0.3 is 14.7 Å². The van der Waals surface area contributed by atoms with Crippen LogP contribution in [0.3, 0.4) is 0 Å². The fraction of sp³-hybridized carbons (Fsp3) is 0.364. The number of carbonyl (C=O) groups is 2. The van der Waals surface area contributed by atoms with E-state index >= 15 is 0 Å². The summed E-state index contributed by atoms with van der Waals surface area (Å²) in [5, 5.41) is 0.721. The standard InChI is InChI=1S/C22H24ClN3O2/c23-19-7-4-8-20(14-19)24-9-11-25(12-10-24)22(28)18-13-21(27)26(16-18)15-17-5-2-1-3-6-17/h1-8,14,18H,9-13,15-16H2. The molecule has 0 aromatic heterocycles. The Bertz CT molecular complexity index is 850. The van der Waals surface area contributed by atoms with Crippen molar-refractivity contribution in [3.05, 3.63) is 65.2 Å². The molecule has 6 heteroatoms. The van der Waals surface area contributed by atoms with Crippen molar-refractivity contribution in [3.63, 3.8) is 0 Å². The summed E-state index contributed by atoms with van der Waals surface area (Å²) in [6.07, 6.45) is 0.320. The zero-order chi connectivity index (χ0) is 19.5. The smallest absolute Gasteiger partial charge is 0.228 e. The van der Waals surface area contributed by atoms with Crippen LogP contribution >= 0.6 is 11.6 Å². The number of piperazine rings is 1. The van der Waals surface area contributed by atoms with Crippen LogP contribution in [-0.4, -0.2) is 54.3 Å². The van der Waals surface area contributed by atoms with Gasteiger partial charge in [0, 0.05) is 56.4 Å². The number of carbonyl (C=O) groups excluding carboxylic acids is 2. The summed E-state index contributed by atoms with van der Waals surface area (Å²) in [5.74, 6) is -0.0524. The highest BCUT2D eigenvalue weighted by Gasteiger charge is 2.37. The van der Waals surface area contributed by atoms with Gasteiger partial charge in [-0.3, -0.25) is 9.59 Å². The van der Waals surface area contributed by atoms with Gasteiger partial charge >= 0.3 is 0 Å². The number of rotatable bonds is 4. The number of benzene rings is 2. The third-order valence-corrected chi connectivity index (χ3v) is 5.78. The maximum Gasteiger partial charge on any atom is 0.228 e. The van der Waals surface area contributed by atoms with E-state index in [1.165, 1.54) is 0 Å². The van der Waals surface area contributed by atoms with Crippen LogP contribution in [-0.2, 0) is 16.1 Å². The minimum atomic E-state index is -0.228. The molecule has 2 aliphatic rings. The van der Waals surface area contributed by atoms with E-state index in [1.54, 1.807) is 4.90 Å². The highest BCUT2D eigenvalue weighted by atomic mass is 35.5. The summed E-state index contributed by atoms with van der Waals surface area (Å²) in [5.41, 5.74) is 2.18. The van der Waals surface area contributed by atoms with E-state index in [4.69, 9.17) is 11.6 Å². The summed E-state index contributed by atoms with van der Waals surface area (Å²) in [4.78, 5) is 31.3. The second-order valence-corrected chi connectivity index (χ2v) is 7.89. The lowest BCUT2D eigenvalue weighted by Gasteiger charge is -2.37. The molecule has 2 saturated heterocycles.